The van der Waals surface area contributed by atoms with Gasteiger partial charge in [0.15, 0.2) is 0 Å². The van der Waals surface area contributed by atoms with E-state index in [-0.39, 0.29) is 42.8 Å². The molecular formula is C18H23Cl2NO4. The van der Waals surface area contributed by atoms with Crippen molar-refractivity contribution in [3.05, 3.63) is 33.8 Å². The van der Waals surface area contributed by atoms with E-state index >= 15 is 0 Å². The molecule has 138 valence electrons. The lowest BCUT2D eigenvalue weighted by Gasteiger charge is -2.42. The summed E-state index contributed by atoms with van der Waals surface area (Å²) in [5, 5.41) is 1.01. The molecule has 0 aliphatic carbocycles. The second-order valence-electron chi connectivity index (χ2n) is 6.71. The normalized spacial score (nSPS) is 32.0. The predicted molar refractivity (Wildman–Crippen MR) is 96.0 cm³/mol. The monoisotopic (exact) mass is 387 g/mol. The smallest absolute Gasteiger partial charge is 0.310 e. The molecule has 1 aromatic rings. The minimum atomic E-state index is -0.264. The minimum absolute atomic E-state index is 0.0181. The second-order valence-corrected chi connectivity index (χ2v) is 7.53. The summed E-state index contributed by atoms with van der Waals surface area (Å²) in [6.45, 7) is 0.252. The molecule has 0 radical (unpaired) electrons. The zero-order valence-corrected chi connectivity index (χ0v) is 16.1. The van der Waals surface area contributed by atoms with Gasteiger partial charge in [0.05, 0.1) is 29.2 Å². The first-order chi connectivity index (χ1) is 12.0. The molecule has 5 nitrogen and oxygen atoms in total. The Hall–Kier alpha value is -0.850. The largest absolute Gasteiger partial charge is 0.469 e. The fraction of sp³-hybridized carbons (Fsp3) is 0.611. The number of nitrogens with zero attached hydrogens (tertiary/aromatic N) is 1. The number of ether oxygens (including phenoxy) is 3. The van der Waals surface area contributed by atoms with E-state index in [2.05, 4.69) is 4.90 Å². The van der Waals surface area contributed by atoms with Crippen LogP contribution in [-0.2, 0) is 19.0 Å². The van der Waals surface area contributed by atoms with Crippen LogP contribution >= 0.6 is 23.2 Å². The molecule has 2 saturated heterocycles. The Morgan fingerprint density at radius 1 is 1.20 bits per heavy atom. The van der Waals surface area contributed by atoms with Crippen molar-refractivity contribution in [2.75, 3.05) is 28.1 Å². The maximum absolute atomic E-state index is 12.6. The third-order valence-corrected chi connectivity index (χ3v) is 6.28. The van der Waals surface area contributed by atoms with E-state index < -0.39 is 0 Å². The van der Waals surface area contributed by atoms with Gasteiger partial charge in [-0.25, -0.2) is 0 Å². The van der Waals surface area contributed by atoms with Gasteiger partial charge in [0.1, 0.15) is 6.79 Å². The molecule has 0 amide bonds. The molecule has 2 bridgehead atoms. The average molecular weight is 388 g/mol. The number of likely N-dealkylation sites (N-methyl/N-ethyl adjacent to an activating group) is 1. The van der Waals surface area contributed by atoms with Crippen molar-refractivity contribution in [1.82, 2.24) is 4.90 Å². The highest BCUT2D eigenvalue weighted by atomic mass is 35.5. The number of methoxy groups -OCH3 is 2. The Labute approximate surface area is 158 Å². The van der Waals surface area contributed by atoms with Crippen molar-refractivity contribution in [1.29, 1.82) is 0 Å². The lowest BCUT2D eigenvalue weighted by atomic mass is 9.76. The van der Waals surface area contributed by atoms with E-state index in [4.69, 9.17) is 37.4 Å². The highest BCUT2D eigenvalue weighted by Crippen LogP contribution is 2.48. The van der Waals surface area contributed by atoms with Crippen molar-refractivity contribution in [2.45, 2.75) is 36.9 Å². The highest BCUT2D eigenvalue weighted by Gasteiger charge is 2.54. The molecular weight excluding hydrogens is 365 g/mol. The number of piperidine rings is 1. The molecule has 2 fully saturated rings. The van der Waals surface area contributed by atoms with E-state index in [0.717, 1.165) is 18.4 Å². The van der Waals surface area contributed by atoms with Gasteiger partial charge in [0, 0.05) is 25.1 Å². The molecule has 0 saturated carbocycles. The van der Waals surface area contributed by atoms with Crippen molar-refractivity contribution in [2.24, 2.45) is 5.92 Å². The van der Waals surface area contributed by atoms with Gasteiger partial charge < -0.3 is 14.2 Å². The van der Waals surface area contributed by atoms with Crippen LogP contribution in [0.1, 0.15) is 24.3 Å². The number of esters is 1. The average Bonchev–Trinajstić information content (AvgIpc) is 2.80. The number of hydrogen-bond acceptors (Lipinski definition) is 5. The lowest BCUT2D eigenvalue weighted by Crippen LogP contribution is -2.50. The molecule has 0 aromatic heterocycles. The Morgan fingerprint density at radius 3 is 2.60 bits per heavy atom. The van der Waals surface area contributed by atoms with Gasteiger partial charge >= 0.3 is 5.97 Å². The Kier molecular flexibility index (Phi) is 5.91. The molecule has 2 aliphatic rings. The number of carbonyl (C=O) groups excluding carboxylic acids is 1. The summed E-state index contributed by atoms with van der Waals surface area (Å²) in [5.41, 5.74) is 1.01. The molecule has 2 aliphatic heterocycles. The first-order valence-corrected chi connectivity index (χ1v) is 9.08. The Balaban J connectivity index is 1.93. The number of fused-ring (bicyclic) bond motifs is 2. The molecule has 5 atom stereocenters. The van der Waals surface area contributed by atoms with E-state index in [1.165, 1.54) is 7.11 Å². The Bertz CT molecular complexity index is 642. The van der Waals surface area contributed by atoms with Crippen LogP contribution in [-0.4, -0.2) is 57.1 Å². The summed E-state index contributed by atoms with van der Waals surface area (Å²) in [7, 11) is 5.10. The van der Waals surface area contributed by atoms with Gasteiger partial charge in [0.25, 0.3) is 0 Å². The number of carbonyl (C=O) groups is 1. The van der Waals surface area contributed by atoms with Crippen LogP contribution in [0.5, 0.6) is 0 Å². The SMILES string of the molecule is COCO[C@H]1CC2[C@@H](C(=O)OC)[C@@H](c3ccc(Cl)c(Cl)c3)CC1N2C. The minimum Gasteiger partial charge on any atom is -0.469 e. The summed E-state index contributed by atoms with van der Waals surface area (Å²) in [6.07, 6.45) is 1.61. The van der Waals surface area contributed by atoms with Gasteiger partial charge in [-0.2, -0.15) is 0 Å². The third kappa shape index (κ3) is 3.53. The quantitative estimate of drug-likeness (QED) is 0.572. The van der Waals surface area contributed by atoms with Crippen LogP contribution in [0.3, 0.4) is 0 Å². The maximum Gasteiger partial charge on any atom is 0.310 e. The molecule has 7 heteroatoms. The molecule has 3 rings (SSSR count). The summed E-state index contributed by atoms with van der Waals surface area (Å²) >= 11 is 12.3. The molecule has 1 aromatic carbocycles. The predicted octanol–water partition coefficient (Wildman–Crippen LogP) is 3.33. The zero-order valence-electron chi connectivity index (χ0n) is 14.6. The molecule has 2 unspecified atom stereocenters. The fourth-order valence-electron chi connectivity index (χ4n) is 4.34. The zero-order chi connectivity index (χ0) is 18.1. The third-order valence-electron chi connectivity index (χ3n) is 5.54. The van der Waals surface area contributed by atoms with E-state index in [1.54, 1.807) is 13.2 Å². The van der Waals surface area contributed by atoms with Crippen LogP contribution in [0.4, 0.5) is 0 Å². The maximum atomic E-state index is 12.6. The van der Waals surface area contributed by atoms with Crippen LogP contribution in [0.25, 0.3) is 0 Å². The van der Waals surface area contributed by atoms with Gasteiger partial charge in [-0.1, -0.05) is 29.3 Å². The van der Waals surface area contributed by atoms with Gasteiger partial charge in [-0.15, -0.1) is 0 Å². The van der Waals surface area contributed by atoms with Crippen molar-refractivity contribution >= 4 is 29.2 Å². The van der Waals surface area contributed by atoms with E-state index in [1.807, 2.05) is 19.2 Å². The van der Waals surface area contributed by atoms with E-state index in [9.17, 15) is 4.79 Å². The number of rotatable bonds is 5. The summed E-state index contributed by atoms with van der Waals surface area (Å²) in [4.78, 5) is 14.8. The van der Waals surface area contributed by atoms with Gasteiger partial charge in [-0.3, -0.25) is 9.69 Å². The number of hydrogen-bond donors (Lipinski definition) is 0. The van der Waals surface area contributed by atoms with Crippen molar-refractivity contribution < 1.29 is 19.0 Å². The van der Waals surface area contributed by atoms with Crippen molar-refractivity contribution in [3.63, 3.8) is 0 Å². The van der Waals surface area contributed by atoms with E-state index in [0.29, 0.717) is 10.0 Å². The van der Waals surface area contributed by atoms with Crippen LogP contribution in [0.15, 0.2) is 18.2 Å². The van der Waals surface area contributed by atoms with Gasteiger partial charge in [0.2, 0.25) is 0 Å². The van der Waals surface area contributed by atoms with Crippen molar-refractivity contribution in [3.8, 4) is 0 Å². The highest BCUT2D eigenvalue weighted by molar-refractivity contribution is 6.42. The number of benzene rings is 1. The molecule has 0 spiro atoms. The second kappa shape index (κ2) is 7.80. The first kappa shape index (κ1) is 18.9. The lowest BCUT2D eigenvalue weighted by molar-refractivity contribution is -0.150. The topological polar surface area (TPSA) is 48.0 Å². The molecule has 0 N–H and O–H groups in total. The summed E-state index contributed by atoms with van der Waals surface area (Å²) < 4.78 is 16.0. The Morgan fingerprint density at radius 2 is 1.96 bits per heavy atom. The standard InChI is InChI=1S/C18H23Cl2NO4/c1-21-14-7-11(10-4-5-12(19)13(20)6-10)17(18(22)24-3)15(21)8-16(14)25-9-23-2/h4-6,11,14-17H,7-9H2,1-3H3/t11-,14?,15?,16+,17+/m1/s1. The summed E-state index contributed by atoms with van der Waals surface area (Å²) in [6, 6.07) is 5.88. The fourth-order valence-corrected chi connectivity index (χ4v) is 4.65. The van der Waals surface area contributed by atoms with Crippen LogP contribution in [0, 0.1) is 5.92 Å². The number of halogens is 2. The molecule has 2 heterocycles. The van der Waals surface area contributed by atoms with Gasteiger partial charge in [-0.05, 0) is 37.6 Å². The van der Waals surface area contributed by atoms with Crippen LogP contribution < -0.4 is 0 Å². The summed E-state index contributed by atoms with van der Waals surface area (Å²) in [5.74, 6) is -0.442. The molecule has 25 heavy (non-hydrogen) atoms. The first-order valence-electron chi connectivity index (χ1n) is 8.33. The van der Waals surface area contributed by atoms with Crippen LogP contribution in [0.2, 0.25) is 10.0 Å².